The van der Waals surface area contributed by atoms with E-state index in [0.29, 0.717) is 0 Å². The van der Waals surface area contributed by atoms with E-state index in [2.05, 4.69) is 23.7 Å². The van der Waals surface area contributed by atoms with Crippen molar-refractivity contribution < 1.29 is 0 Å². The van der Waals surface area contributed by atoms with Crippen molar-refractivity contribution in [1.82, 2.24) is 10.2 Å². The molecule has 1 aliphatic heterocycles. The average molecular weight is 182 g/mol. The number of nitrogens with zero attached hydrogens (tertiary/aromatic N) is 1. The number of hydrogen-bond acceptors (Lipinski definition) is 2. The smallest absolute Gasteiger partial charge is 0.0160 e. The summed E-state index contributed by atoms with van der Waals surface area (Å²) in [7, 11) is 0. The van der Waals surface area contributed by atoms with Gasteiger partial charge in [0.15, 0.2) is 0 Å². The molecule has 0 bridgehead atoms. The zero-order valence-electron chi connectivity index (χ0n) is 8.76. The Morgan fingerprint density at radius 1 is 1.62 bits per heavy atom. The molecule has 1 saturated heterocycles. The van der Waals surface area contributed by atoms with Gasteiger partial charge in [0.25, 0.3) is 0 Å². The van der Waals surface area contributed by atoms with E-state index >= 15 is 0 Å². The first kappa shape index (κ1) is 10.7. The maximum atomic E-state index is 3.78. The van der Waals surface area contributed by atoms with Gasteiger partial charge in [0.1, 0.15) is 0 Å². The summed E-state index contributed by atoms with van der Waals surface area (Å²) in [6.07, 6.45) is 4.75. The zero-order valence-corrected chi connectivity index (χ0v) is 8.76. The van der Waals surface area contributed by atoms with E-state index < -0.39 is 0 Å². The Bertz CT molecular complexity index is 145. The first-order valence-corrected chi connectivity index (χ1v) is 5.40. The molecular formula is C11H22N2. The van der Waals surface area contributed by atoms with Crippen molar-refractivity contribution in [3.8, 4) is 0 Å². The van der Waals surface area contributed by atoms with Crippen LogP contribution in [0.5, 0.6) is 0 Å². The summed E-state index contributed by atoms with van der Waals surface area (Å²) in [5.74, 6) is 0.855. The normalized spacial score (nSPS) is 24.5. The summed E-state index contributed by atoms with van der Waals surface area (Å²) in [5.41, 5.74) is 0. The van der Waals surface area contributed by atoms with E-state index in [1.54, 1.807) is 0 Å². The lowest BCUT2D eigenvalue weighted by molar-refractivity contribution is 0.189. The van der Waals surface area contributed by atoms with E-state index in [0.717, 1.165) is 19.0 Å². The minimum Gasteiger partial charge on any atom is -0.317 e. The Morgan fingerprint density at radius 3 is 3.15 bits per heavy atom. The molecule has 76 valence electrons. The molecule has 1 unspecified atom stereocenters. The van der Waals surface area contributed by atoms with Gasteiger partial charge in [0.05, 0.1) is 0 Å². The fourth-order valence-corrected chi connectivity index (χ4v) is 2.01. The number of hydrogen-bond donors (Lipinski definition) is 1. The SMILES string of the molecule is C=CCN1CCCC(CNCC)C1. The standard InChI is InChI=1S/C11H22N2/c1-3-7-13-8-5-6-11(10-13)9-12-4-2/h3,11-12H,1,4-10H2,2H3. The Hall–Kier alpha value is -0.340. The van der Waals surface area contributed by atoms with Gasteiger partial charge in [0, 0.05) is 13.1 Å². The van der Waals surface area contributed by atoms with Gasteiger partial charge < -0.3 is 5.32 Å². The quantitative estimate of drug-likeness (QED) is 0.648. The summed E-state index contributed by atoms with van der Waals surface area (Å²) in [5, 5.41) is 3.43. The van der Waals surface area contributed by atoms with Crippen LogP contribution in [0.1, 0.15) is 19.8 Å². The Kier molecular flexibility index (Phi) is 5.09. The molecule has 0 spiro atoms. The van der Waals surface area contributed by atoms with Gasteiger partial charge in [-0.15, -0.1) is 6.58 Å². The third-order valence-electron chi connectivity index (χ3n) is 2.67. The Morgan fingerprint density at radius 2 is 2.46 bits per heavy atom. The van der Waals surface area contributed by atoms with Gasteiger partial charge in [0.2, 0.25) is 0 Å². The van der Waals surface area contributed by atoms with E-state index in [-0.39, 0.29) is 0 Å². The van der Waals surface area contributed by atoms with Gasteiger partial charge in [-0.2, -0.15) is 0 Å². The molecule has 0 saturated carbocycles. The van der Waals surface area contributed by atoms with Crippen LogP contribution in [0.2, 0.25) is 0 Å². The van der Waals surface area contributed by atoms with Gasteiger partial charge in [-0.1, -0.05) is 13.0 Å². The van der Waals surface area contributed by atoms with Gasteiger partial charge >= 0.3 is 0 Å². The molecule has 0 aliphatic carbocycles. The molecule has 0 aromatic carbocycles. The summed E-state index contributed by atoms with van der Waals surface area (Å²) < 4.78 is 0. The van der Waals surface area contributed by atoms with Crippen LogP contribution in [0, 0.1) is 5.92 Å². The van der Waals surface area contributed by atoms with Gasteiger partial charge in [-0.25, -0.2) is 0 Å². The Balaban J connectivity index is 2.20. The highest BCUT2D eigenvalue weighted by Crippen LogP contribution is 2.15. The molecule has 0 radical (unpaired) electrons. The zero-order chi connectivity index (χ0) is 9.52. The lowest BCUT2D eigenvalue weighted by atomic mass is 9.98. The summed E-state index contributed by atoms with van der Waals surface area (Å²) in [6, 6.07) is 0. The molecule has 1 atom stereocenters. The second kappa shape index (κ2) is 6.17. The fourth-order valence-electron chi connectivity index (χ4n) is 2.01. The molecule has 0 aromatic heterocycles. The van der Waals surface area contributed by atoms with Crippen LogP contribution in [0.3, 0.4) is 0 Å². The number of likely N-dealkylation sites (tertiary alicyclic amines) is 1. The predicted molar refractivity (Wildman–Crippen MR) is 57.9 cm³/mol. The van der Waals surface area contributed by atoms with Crippen molar-refractivity contribution in [2.75, 3.05) is 32.7 Å². The van der Waals surface area contributed by atoms with Crippen LogP contribution in [0.15, 0.2) is 12.7 Å². The topological polar surface area (TPSA) is 15.3 Å². The van der Waals surface area contributed by atoms with E-state index in [9.17, 15) is 0 Å². The molecule has 0 amide bonds. The van der Waals surface area contributed by atoms with Crippen molar-refractivity contribution in [3.05, 3.63) is 12.7 Å². The molecule has 1 heterocycles. The highest BCUT2D eigenvalue weighted by Gasteiger charge is 2.17. The fraction of sp³-hybridized carbons (Fsp3) is 0.818. The second-order valence-corrected chi connectivity index (χ2v) is 3.86. The molecule has 13 heavy (non-hydrogen) atoms. The minimum atomic E-state index is 0.855. The number of piperidine rings is 1. The molecule has 0 aromatic rings. The molecule has 1 aliphatic rings. The highest BCUT2D eigenvalue weighted by molar-refractivity contribution is 4.79. The van der Waals surface area contributed by atoms with Crippen LogP contribution >= 0.6 is 0 Å². The first-order valence-electron chi connectivity index (χ1n) is 5.40. The van der Waals surface area contributed by atoms with Crippen LogP contribution in [-0.2, 0) is 0 Å². The third kappa shape index (κ3) is 3.92. The predicted octanol–water partition coefficient (Wildman–Crippen LogP) is 1.49. The molecule has 1 fully saturated rings. The Labute approximate surface area is 82.0 Å². The van der Waals surface area contributed by atoms with Crippen molar-refractivity contribution in [2.45, 2.75) is 19.8 Å². The largest absolute Gasteiger partial charge is 0.317 e. The maximum Gasteiger partial charge on any atom is 0.0160 e. The van der Waals surface area contributed by atoms with Crippen molar-refractivity contribution >= 4 is 0 Å². The van der Waals surface area contributed by atoms with E-state index in [1.807, 2.05) is 6.08 Å². The monoisotopic (exact) mass is 182 g/mol. The third-order valence-corrected chi connectivity index (χ3v) is 2.67. The molecule has 2 heteroatoms. The molecule has 1 N–H and O–H groups in total. The lowest BCUT2D eigenvalue weighted by Gasteiger charge is -2.31. The first-order chi connectivity index (χ1) is 6.36. The molecular weight excluding hydrogens is 160 g/mol. The van der Waals surface area contributed by atoms with Crippen molar-refractivity contribution in [1.29, 1.82) is 0 Å². The maximum absolute atomic E-state index is 3.78. The van der Waals surface area contributed by atoms with Crippen LogP contribution in [0.25, 0.3) is 0 Å². The number of nitrogens with one attached hydrogen (secondary N) is 1. The van der Waals surface area contributed by atoms with Crippen molar-refractivity contribution in [2.24, 2.45) is 5.92 Å². The average Bonchev–Trinajstić information content (AvgIpc) is 2.16. The number of rotatable bonds is 5. The van der Waals surface area contributed by atoms with E-state index in [4.69, 9.17) is 0 Å². The summed E-state index contributed by atoms with van der Waals surface area (Å²) in [4.78, 5) is 2.50. The summed E-state index contributed by atoms with van der Waals surface area (Å²) in [6.45, 7) is 11.8. The van der Waals surface area contributed by atoms with E-state index in [1.165, 1.54) is 32.5 Å². The molecule has 1 rings (SSSR count). The lowest BCUT2D eigenvalue weighted by Crippen LogP contribution is -2.39. The highest BCUT2D eigenvalue weighted by atomic mass is 15.1. The van der Waals surface area contributed by atoms with Crippen LogP contribution in [-0.4, -0.2) is 37.6 Å². The van der Waals surface area contributed by atoms with Gasteiger partial charge in [-0.05, 0) is 38.4 Å². The van der Waals surface area contributed by atoms with Crippen molar-refractivity contribution in [3.63, 3.8) is 0 Å². The van der Waals surface area contributed by atoms with Crippen LogP contribution < -0.4 is 5.32 Å². The summed E-state index contributed by atoms with van der Waals surface area (Å²) >= 11 is 0. The molecule has 2 nitrogen and oxygen atoms in total. The van der Waals surface area contributed by atoms with Gasteiger partial charge in [-0.3, -0.25) is 4.90 Å². The minimum absolute atomic E-state index is 0.855. The second-order valence-electron chi connectivity index (χ2n) is 3.86. The van der Waals surface area contributed by atoms with Crippen LogP contribution in [0.4, 0.5) is 0 Å².